The molecule has 0 heterocycles. The van der Waals surface area contributed by atoms with Crippen molar-refractivity contribution in [1.82, 2.24) is 10.6 Å². The number of halogens is 1. The van der Waals surface area contributed by atoms with E-state index < -0.39 is 29.4 Å². The number of methoxy groups -OCH3 is 1. The molecule has 0 aliphatic carbocycles. The molecule has 2 rings (SSSR count). The van der Waals surface area contributed by atoms with E-state index in [1.165, 1.54) is 0 Å². The molecule has 8 heteroatoms. The summed E-state index contributed by atoms with van der Waals surface area (Å²) in [6, 6.07) is 16.8. The molecule has 3 atom stereocenters. The van der Waals surface area contributed by atoms with Gasteiger partial charge in [-0.05, 0) is 29.7 Å². The summed E-state index contributed by atoms with van der Waals surface area (Å²) in [6.45, 7) is 5.80. The van der Waals surface area contributed by atoms with Crippen LogP contribution in [-0.2, 0) is 22.6 Å². The maximum Gasteiger partial charge on any atom is 0.224 e. The molecule has 33 heavy (non-hydrogen) atoms. The Morgan fingerprint density at radius 3 is 2.33 bits per heavy atom. The van der Waals surface area contributed by atoms with Crippen molar-refractivity contribution in [3.05, 3.63) is 65.7 Å². The van der Waals surface area contributed by atoms with Crippen molar-refractivity contribution in [2.24, 2.45) is 17.1 Å². The monoisotopic (exact) mass is 477 g/mol. The van der Waals surface area contributed by atoms with Crippen molar-refractivity contribution in [1.29, 1.82) is 0 Å². The van der Waals surface area contributed by atoms with E-state index >= 15 is 0 Å². The number of aliphatic hydroxyl groups is 1. The number of ether oxygens (including phenoxy) is 1. The number of primary amides is 1. The van der Waals surface area contributed by atoms with Gasteiger partial charge in [0, 0.05) is 19.0 Å². The number of carbonyl (C=O) groups excluding carboxylic acids is 2. The van der Waals surface area contributed by atoms with Crippen molar-refractivity contribution in [3.8, 4) is 5.75 Å². The van der Waals surface area contributed by atoms with E-state index in [2.05, 4.69) is 10.6 Å². The molecule has 2 aromatic rings. The van der Waals surface area contributed by atoms with Crippen LogP contribution in [0.25, 0.3) is 0 Å². The molecule has 0 radical (unpaired) electrons. The summed E-state index contributed by atoms with van der Waals surface area (Å²) in [7, 11) is 1.62. The summed E-state index contributed by atoms with van der Waals surface area (Å²) in [5.74, 6) is -0.734. The number of nitrogens with two attached hydrogens (primary N) is 1. The lowest BCUT2D eigenvalue weighted by Gasteiger charge is -2.31. The number of hydrogen-bond acceptors (Lipinski definition) is 5. The van der Waals surface area contributed by atoms with Crippen molar-refractivity contribution in [2.75, 3.05) is 13.7 Å². The molecule has 0 aromatic heterocycles. The molecule has 0 saturated heterocycles. The number of benzene rings is 2. The molecule has 0 bridgehead atoms. The highest BCUT2D eigenvalue weighted by atomic mass is 35.5. The second-order valence-corrected chi connectivity index (χ2v) is 8.66. The van der Waals surface area contributed by atoms with Gasteiger partial charge >= 0.3 is 0 Å². The predicted molar refractivity (Wildman–Crippen MR) is 132 cm³/mol. The van der Waals surface area contributed by atoms with Crippen LogP contribution in [0.4, 0.5) is 0 Å². The molecule has 0 fully saturated rings. The van der Waals surface area contributed by atoms with Gasteiger partial charge in [-0.1, -0.05) is 63.2 Å². The lowest BCUT2D eigenvalue weighted by atomic mass is 9.78. The minimum absolute atomic E-state index is 0. The first-order valence-corrected chi connectivity index (χ1v) is 10.8. The average molecular weight is 478 g/mol. The van der Waals surface area contributed by atoms with Crippen LogP contribution in [0.2, 0.25) is 0 Å². The molecule has 0 spiro atoms. The molecule has 2 aromatic carbocycles. The van der Waals surface area contributed by atoms with Crippen LogP contribution >= 0.6 is 12.4 Å². The van der Waals surface area contributed by atoms with E-state index in [4.69, 9.17) is 10.5 Å². The number of aliphatic hydroxyl groups excluding tert-OH is 1. The lowest BCUT2D eigenvalue weighted by Crippen LogP contribution is -2.53. The smallest absolute Gasteiger partial charge is 0.224 e. The van der Waals surface area contributed by atoms with Gasteiger partial charge in [0.1, 0.15) is 5.75 Å². The maximum atomic E-state index is 12.9. The van der Waals surface area contributed by atoms with Gasteiger partial charge in [-0.25, -0.2) is 0 Å². The topological polar surface area (TPSA) is 114 Å². The lowest BCUT2D eigenvalue weighted by molar-refractivity contribution is -0.138. The Kier molecular flexibility index (Phi) is 11.4. The van der Waals surface area contributed by atoms with E-state index in [9.17, 15) is 14.7 Å². The third-order valence-electron chi connectivity index (χ3n) is 6.02. The molecule has 0 unspecified atom stereocenters. The first-order valence-electron chi connectivity index (χ1n) is 10.8. The standard InChI is InChI=1S/C25H35N3O4.ClH/c1-17(25(2,3)24(26)31)23(30)28-21(14-18-9-6-5-7-10-18)22(29)16-27-15-19-11-8-12-20(13-19)32-4;/h5-13,17,21-22,27,29H,14-16H2,1-4H3,(H2,26,31)(H,28,30);1H/t17-,21-,22+;/m0./s1. The molecule has 182 valence electrons. The van der Waals surface area contributed by atoms with Crippen LogP contribution in [0.3, 0.4) is 0 Å². The zero-order valence-corrected chi connectivity index (χ0v) is 20.5. The highest BCUT2D eigenvalue weighted by Gasteiger charge is 2.37. The van der Waals surface area contributed by atoms with Crippen LogP contribution in [0.15, 0.2) is 54.6 Å². The number of hydrogen-bond donors (Lipinski definition) is 4. The molecule has 7 nitrogen and oxygen atoms in total. The second kappa shape index (κ2) is 13.2. The van der Waals surface area contributed by atoms with E-state index in [0.29, 0.717) is 13.0 Å². The summed E-state index contributed by atoms with van der Waals surface area (Å²) in [6.07, 6.45) is -0.383. The quantitative estimate of drug-likeness (QED) is 0.375. The van der Waals surface area contributed by atoms with Gasteiger partial charge in [-0.3, -0.25) is 9.59 Å². The van der Waals surface area contributed by atoms with Crippen LogP contribution < -0.4 is 21.1 Å². The van der Waals surface area contributed by atoms with Crippen LogP contribution in [0.1, 0.15) is 31.9 Å². The molecular weight excluding hydrogens is 442 g/mol. The summed E-state index contributed by atoms with van der Waals surface area (Å²) >= 11 is 0. The maximum absolute atomic E-state index is 12.9. The average Bonchev–Trinajstić information content (AvgIpc) is 2.78. The predicted octanol–water partition coefficient (Wildman–Crippen LogP) is 2.44. The third kappa shape index (κ3) is 8.35. The summed E-state index contributed by atoms with van der Waals surface area (Å²) < 4.78 is 5.24. The molecule has 0 aliphatic heterocycles. The van der Waals surface area contributed by atoms with E-state index in [-0.39, 0.29) is 24.9 Å². The Labute approximate surface area is 202 Å². The summed E-state index contributed by atoms with van der Waals surface area (Å²) in [5.41, 5.74) is 6.49. The second-order valence-electron chi connectivity index (χ2n) is 8.66. The Morgan fingerprint density at radius 2 is 1.73 bits per heavy atom. The van der Waals surface area contributed by atoms with Gasteiger partial charge in [0.25, 0.3) is 0 Å². The fourth-order valence-corrected chi connectivity index (χ4v) is 3.29. The fourth-order valence-electron chi connectivity index (χ4n) is 3.29. The SMILES string of the molecule is COc1cccc(CNC[C@@H](O)[C@H](Cc2ccccc2)NC(=O)[C@H](C)C(C)(C)C(N)=O)c1.Cl. The van der Waals surface area contributed by atoms with Crippen molar-refractivity contribution in [3.63, 3.8) is 0 Å². The molecular formula is C25H36ClN3O4. The minimum atomic E-state index is -1.00. The fraction of sp³-hybridized carbons (Fsp3) is 0.440. The van der Waals surface area contributed by atoms with Gasteiger partial charge in [-0.15, -0.1) is 12.4 Å². The van der Waals surface area contributed by atoms with Crippen LogP contribution in [0.5, 0.6) is 5.75 Å². The van der Waals surface area contributed by atoms with Gasteiger partial charge in [-0.2, -0.15) is 0 Å². The number of nitrogens with one attached hydrogen (secondary N) is 2. The Morgan fingerprint density at radius 1 is 1.09 bits per heavy atom. The molecule has 0 saturated carbocycles. The van der Waals surface area contributed by atoms with Gasteiger partial charge in [0.2, 0.25) is 11.8 Å². The first kappa shape index (κ1) is 28.4. The van der Waals surface area contributed by atoms with E-state index in [1.54, 1.807) is 27.9 Å². The number of amides is 2. The first-order chi connectivity index (χ1) is 15.1. The zero-order valence-electron chi connectivity index (χ0n) is 19.7. The number of carbonyl (C=O) groups is 2. The Hall–Kier alpha value is -2.61. The summed E-state index contributed by atoms with van der Waals surface area (Å²) in [5, 5.41) is 17.1. The van der Waals surface area contributed by atoms with Crippen LogP contribution in [0, 0.1) is 11.3 Å². The largest absolute Gasteiger partial charge is 0.497 e. The Balaban J connectivity index is 0.00000544. The van der Waals surface area contributed by atoms with E-state index in [1.807, 2.05) is 54.6 Å². The highest BCUT2D eigenvalue weighted by molar-refractivity contribution is 5.89. The molecule has 2 amide bonds. The van der Waals surface area contributed by atoms with E-state index in [0.717, 1.165) is 16.9 Å². The Bertz CT molecular complexity index is 892. The van der Waals surface area contributed by atoms with Gasteiger partial charge in [0.05, 0.1) is 24.7 Å². The van der Waals surface area contributed by atoms with Crippen molar-refractivity contribution in [2.45, 2.75) is 45.9 Å². The normalized spacial score (nSPS) is 13.8. The van der Waals surface area contributed by atoms with Crippen molar-refractivity contribution >= 4 is 24.2 Å². The van der Waals surface area contributed by atoms with Crippen molar-refractivity contribution < 1.29 is 19.4 Å². The molecule has 0 aliphatic rings. The third-order valence-corrected chi connectivity index (χ3v) is 6.02. The van der Waals surface area contributed by atoms with Gasteiger partial charge in [0.15, 0.2) is 0 Å². The minimum Gasteiger partial charge on any atom is -0.497 e. The number of rotatable bonds is 12. The zero-order chi connectivity index (χ0) is 23.7. The highest BCUT2D eigenvalue weighted by Crippen LogP contribution is 2.26. The summed E-state index contributed by atoms with van der Waals surface area (Å²) in [4.78, 5) is 24.7. The van der Waals surface area contributed by atoms with Gasteiger partial charge < -0.3 is 26.2 Å². The van der Waals surface area contributed by atoms with Crippen LogP contribution in [-0.4, -0.2) is 42.7 Å². The molecule has 5 N–H and O–H groups in total.